The van der Waals surface area contributed by atoms with E-state index in [0.717, 1.165) is 46.2 Å². The van der Waals surface area contributed by atoms with Crippen LogP contribution in [-0.4, -0.2) is 61.3 Å². The molecule has 0 aromatic carbocycles. The second-order valence-electron chi connectivity index (χ2n) is 15.7. The fraction of sp³-hybridized carbons (Fsp3) is 0.227. The van der Waals surface area contributed by atoms with Gasteiger partial charge >= 0.3 is 0 Å². The monoisotopic (exact) mass is 866 g/mol. The minimum absolute atomic E-state index is 0.0674. The Kier molecular flexibility index (Phi) is 10.5. The van der Waals surface area contributed by atoms with Crippen LogP contribution in [-0.2, 0) is 23.7 Å². The fourth-order valence-electron chi connectivity index (χ4n) is 7.72. The second-order valence-corrected chi connectivity index (χ2v) is 16.5. The number of nitrogens with one attached hydrogen (secondary N) is 2. The Hall–Kier alpha value is -7.04. The van der Waals surface area contributed by atoms with Crippen LogP contribution in [0.4, 0.5) is 23.3 Å². The zero-order valence-electron chi connectivity index (χ0n) is 34.0. The molecule has 2 aliphatic carbocycles. The smallest absolute Gasteiger partial charge is 0.229 e. The van der Waals surface area contributed by atoms with Gasteiger partial charge in [0.1, 0.15) is 23.3 Å². The Bertz CT molecular complexity index is 2870. The van der Waals surface area contributed by atoms with E-state index in [4.69, 9.17) is 34.7 Å². The number of hydrogen-bond donors (Lipinski definition) is 4. The Morgan fingerprint density at radius 1 is 0.645 bits per heavy atom. The zero-order chi connectivity index (χ0) is 43.4. The van der Waals surface area contributed by atoms with Crippen molar-refractivity contribution in [3.05, 3.63) is 119 Å². The maximum Gasteiger partial charge on any atom is 0.229 e. The van der Waals surface area contributed by atoms with Gasteiger partial charge in [0.05, 0.1) is 33.8 Å². The molecule has 8 aromatic rings. The highest BCUT2D eigenvalue weighted by Crippen LogP contribution is 2.49. The summed E-state index contributed by atoms with van der Waals surface area (Å²) in [5.74, 6) is 1.57. The summed E-state index contributed by atoms with van der Waals surface area (Å²) in [6.07, 6.45) is 19.1. The van der Waals surface area contributed by atoms with Gasteiger partial charge in [0.2, 0.25) is 11.8 Å². The number of aryl methyl sites for hydroxylation is 4. The molecule has 6 N–H and O–H groups in total. The summed E-state index contributed by atoms with van der Waals surface area (Å²) in [6.45, 7) is 3.92. The first kappa shape index (κ1) is 40.4. The minimum Gasteiger partial charge on any atom is -0.383 e. The summed E-state index contributed by atoms with van der Waals surface area (Å²) in [7, 11) is 3.73. The highest BCUT2D eigenvalue weighted by molar-refractivity contribution is 6.39. The van der Waals surface area contributed by atoms with Crippen LogP contribution in [0, 0.1) is 25.7 Å². The molecule has 18 heteroatoms. The molecule has 2 saturated carbocycles. The molecule has 16 nitrogen and oxygen atoms in total. The van der Waals surface area contributed by atoms with Gasteiger partial charge in [-0.25, -0.2) is 19.9 Å². The molecule has 0 bridgehead atoms. The molecule has 4 atom stereocenters. The number of carbonyl (C=O) groups excluding carboxylic acids is 2. The third kappa shape index (κ3) is 7.85. The summed E-state index contributed by atoms with van der Waals surface area (Å²) in [5, 5.41) is 17.7. The molecule has 0 radical (unpaired) electrons. The quantitative estimate of drug-likeness (QED) is 0.117. The third-order valence-electron chi connectivity index (χ3n) is 11.4. The predicted octanol–water partition coefficient (Wildman–Crippen LogP) is 7.42. The molecule has 312 valence electrons. The van der Waals surface area contributed by atoms with Crippen molar-refractivity contribution in [2.75, 3.05) is 22.1 Å². The third-order valence-corrected chi connectivity index (χ3v) is 12.1. The Morgan fingerprint density at radius 3 is 1.44 bits per heavy atom. The average Bonchev–Trinajstić information content (AvgIpc) is 4.16. The first-order valence-electron chi connectivity index (χ1n) is 19.7. The molecule has 10 rings (SSSR count). The van der Waals surface area contributed by atoms with Gasteiger partial charge in [-0.05, 0) is 85.0 Å². The van der Waals surface area contributed by atoms with E-state index in [1.54, 1.807) is 58.7 Å². The molecule has 0 unspecified atom stereocenters. The van der Waals surface area contributed by atoms with Crippen LogP contribution >= 0.6 is 23.2 Å². The maximum atomic E-state index is 12.7. The van der Waals surface area contributed by atoms with E-state index in [9.17, 15) is 9.59 Å². The second kappa shape index (κ2) is 16.1. The molecule has 0 saturated heterocycles. The summed E-state index contributed by atoms with van der Waals surface area (Å²) in [6, 6.07) is 7.26. The van der Waals surface area contributed by atoms with Crippen LogP contribution in [0.2, 0.25) is 10.0 Å². The number of amides is 2. The summed E-state index contributed by atoms with van der Waals surface area (Å²) in [4.78, 5) is 51.4. The summed E-state index contributed by atoms with van der Waals surface area (Å²) < 4.78 is 3.49. The van der Waals surface area contributed by atoms with Gasteiger partial charge in [0, 0.05) is 108 Å². The lowest BCUT2D eigenvalue weighted by molar-refractivity contribution is -0.118. The number of hydrogen-bond acceptors (Lipinski definition) is 12. The molecule has 8 aromatic heterocycles. The molecule has 2 fully saturated rings. The Labute approximate surface area is 365 Å². The maximum absolute atomic E-state index is 12.7. The molecule has 0 spiro atoms. The number of nitrogen functional groups attached to an aromatic ring is 2. The van der Waals surface area contributed by atoms with E-state index >= 15 is 0 Å². The number of anilines is 4. The predicted molar refractivity (Wildman–Crippen MR) is 239 cm³/mol. The van der Waals surface area contributed by atoms with Gasteiger partial charge in [0.25, 0.3) is 0 Å². The number of pyridine rings is 6. The first-order valence-corrected chi connectivity index (χ1v) is 20.5. The normalized spacial score (nSPS) is 17.6. The number of rotatable bonds is 8. The lowest BCUT2D eigenvalue weighted by Gasteiger charge is -2.12. The van der Waals surface area contributed by atoms with Crippen molar-refractivity contribution in [2.45, 2.75) is 38.5 Å². The Morgan fingerprint density at radius 2 is 1.06 bits per heavy atom. The highest BCUT2D eigenvalue weighted by atomic mass is 35.5. The van der Waals surface area contributed by atoms with Crippen LogP contribution in [0.1, 0.15) is 46.9 Å². The lowest BCUT2D eigenvalue weighted by atomic mass is 10.1. The molecule has 8 heterocycles. The molecule has 62 heavy (non-hydrogen) atoms. The van der Waals surface area contributed by atoms with Crippen LogP contribution < -0.4 is 22.1 Å². The highest BCUT2D eigenvalue weighted by Gasteiger charge is 2.45. The number of fused-ring (bicyclic) bond motifs is 2. The number of halogens is 2. The van der Waals surface area contributed by atoms with E-state index in [1.807, 2.05) is 64.9 Å². The Balaban J connectivity index is 0.000000158. The van der Waals surface area contributed by atoms with E-state index in [0.29, 0.717) is 66.2 Å². The first-order chi connectivity index (χ1) is 29.8. The van der Waals surface area contributed by atoms with Crippen molar-refractivity contribution < 1.29 is 9.59 Å². The van der Waals surface area contributed by atoms with Gasteiger partial charge in [0.15, 0.2) is 0 Å². The number of aromatic nitrogens is 10. The van der Waals surface area contributed by atoms with E-state index in [2.05, 4.69) is 50.7 Å². The largest absolute Gasteiger partial charge is 0.383 e. The standard InChI is InChI=1S/2C22H20ClN7O/c2*1-11-3-4-25-8-16(11)20-19(23)14-6-18(26-9-17(14)21(24)29-20)28-22(31)15-5-13(15)12-7-27-30(2)10-12/h2*3-4,6-10,13,15H,5H2,1-2H3,(H2,24,29)(H,26,28,31)/t2*13-,15+/m10/s1. The topological polar surface area (TPSA) is 223 Å². The fourth-order valence-corrected chi connectivity index (χ4v) is 8.32. The van der Waals surface area contributed by atoms with Crippen LogP contribution in [0.3, 0.4) is 0 Å². The van der Waals surface area contributed by atoms with Gasteiger partial charge in [-0.2, -0.15) is 10.2 Å². The van der Waals surface area contributed by atoms with Crippen molar-refractivity contribution in [3.63, 3.8) is 0 Å². The lowest BCUT2D eigenvalue weighted by Crippen LogP contribution is -2.15. The summed E-state index contributed by atoms with van der Waals surface area (Å²) in [5.41, 5.74) is 19.2. The van der Waals surface area contributed by atoms with Crippen molar-refractivity contribution in [1.82, 2.24) is 49.5 Å². The van der Waals surface area contributed by atoms with Crippen molar-refractivity contribution in [2.24, 2.45) is 25.9 Å². The molecular weight excluding hydrogens is 827 g/mol. The molecule has 2 amide bonds. The van der Waals surface area contributed by atoms with E-state index in [1.165, 1.54) is 0 Å². The van der Waals surface area contributed by atoms with Crippen molar-refractivity contribution >= 4 is 79.8 Å². The number of nitrogens with two attached hydrogens (primary N) is 2. The van der Waals surface area contributed by atoms with Gasteiger partial charge in [-0.3, -0.25) is 28.9 Å². The van der Waals surface area contributed by atoms with Crippen molar-refractivity contribution in [3.8, 4) is 22.5 Å². The van der Waals surface area contributed by atoms with E-state index < -0.39 is 0 Å². The van der Waals surface area contributed by atoms with Crippen molar-refractivity contribution in [1.29, 1.82) is 0 Å². The van der Waals surface area contributed by atoms with Crippen LogP contribution in [0.15, 0.2) is 86.2 Å². The number of nitrogens with zero attached hydrogens (tertiary/aromatic N) is 10. The van der Waals surface area contributed by atoms with E-state index in [-0.39, 0.29) is 35.5 Å². The van der Waals surface area contributed by atoms with Gasteiger partial charge in [-0.1, -0.05) is 23.2 Å². The summed E-state index contributed by atoms with van der Waals surface area (Å²) >= 11 is 13.4. The van der Waals surface area contributed by atoms with Gasteiger partial charge < -0.3 is 22.1 Å². The van der Waals surface area contributed by atoms with Crippen LogP contribution in [0.5, 0.6) is 0 Å². The van der Waals surface area contributed by atoms with Gasteiger partial charge in [-0.15, -0.1) is 0 Å². The average molecular weight is 868 g/mol. The molecule has 2 aliphatic rings. The minimum atomic E-state index is -0.0896. The zero-order valence-corrected chi connectivity index (χ0v) is 35.5. The SMILES string of the molecule is Cc1ccncc1-c1nc(N)c2cnc(NC(=O)[C@@H]3C[C@H]3c3cnn(C)c3)cc2c1Cl.Cc1ccncc1-c1nc(N)c2cnc(NC(=O)[C@H]3C[C@@H]3c3cnn(C)c3)cc2c1Cl. The molecular formula is C44H40Cl2N14O2. The van der Waals surface area contributed by atoms with Crippen LogP contribution in [0.25, 0.3) is 44.1 Å². The molecule has 0 aliphatic heterocycles. The number of carbonyl (C=O) groups is 2.